The normalized spacial score (nSPS) is 11.6. The van der Waals surface area contributed by atoms with Gasteiger partial charge in [-0.1, -0.05) is 38.2 Å². The first-order chi connectivity index (χ1) is 13.6. The second kappa shape index (κ2) is 20.1. The number of carbonyl (C=O) groups is 2. The first kappa shape index (κ1) is 26.3. The zero-order chi connectivity index (χ0) is 20.9. The van der Waals surface area contributed by atoms with Gasteiger partial charge in [0.05, 0.1) is 6.61 Å². The van der Waals surface area contributed by atoms with Crippen LogP contribution >= 0.6 is 0 Å². The molecule has 0 atom stereocenters. The summed E-state index contributed by atoms with van der Waals surface area (Å²) in [5.74, 6) is 0.138. The molecule has 0 bridgehead atoms. The average Bonchev–Trinajstić information content (AvgIpc) is 2.67. The molecule has 3 N–H and O–H groups in total. The molecule has 0 saturated heterocycles. The molecular weight excluding hydrogens is 354 g/mol. The molecule has 0 saturated carbocycles. The fourth-order valence-electron chi connectivity index (χ4n) is 2.69. The second-order valence-electron chi connectivity index (χ2n) is 6.81. The number of aliphatic hydroxyl groups excluding tert-OH is 1. The highest BCUT2D eigenvalue weighted by Crippen LogP contribution is 1.98. The number of amides is 2. The highest BCUT2D eigenvalue weighted by Gasteiger charge is 2.07. The van der Waals surface area contributed by atoms with Crippen LogP contribution in [0.2, 0.25) is 0 Å². The van der Waals surface area contributed by atoms with E-state index in [1.54, 1.807) is 0 Å². The molecule has 0 unspecified atom stereocenters. The van der Waals surface area contributed by atoms with Crippen LogP contribution in [0.3, 0.4) is 0 Å². The third-order valence-electron chi connectivity index (χ3n) is 4.27. The van der Waals surface area contributed by atoms with Gasteiger partial charge in [-0.15, -0.1) is 0 Å². The molecule has 6 nitrogen and oxygen atoms in total. The summed E-state index contributed by atoms with van der Waals surface area (Å²) in [5, 5.41) is 15.1. The number of nitrogens with zero attached hydrogens (tertiary/aromatic N) is 1. The molecule has 0 radical (unpaired) electrons. The van der Waals surface area contributed by atoms with E-state index in [9.17, 15) is 14.7 Å². The van der Waals surface area contributed by atoms with Crippen LogP contribution in [-0.2, 0) is 9.59 Å². The van der Waals surface area contributed by atoms with E-state index in [1.807, 2.05) is 0 Å². The number of hydrogen-bond acceptors (Lipinski definition) is 4. The van der Waals surface area contributed by atoms with Crippen molar-refractivity contribution < 1.29 is 14.7 Å². The lowest BCUT2D eigenvalue weighted by Gasteiger charge is -2.21. The summed E-state index contributed by atoms with van der Waals surface area (Å²) in [4.78, 5) is 25.7. The largest absolute Gasteiger partial charge is 0.395 e. The molecule has 0 rings (SSSR count). The molecule has 162 valence electrons. The third-order valence-corrected chi connectivity index (χ3v) is 4.27. The maximum Gasteiger partial charge on any atom is 0.220 e. The van der Waals surface area contributed by atoms with Crippen LogP contribution < -0.4 is 10.6 Å². The van der Waals surface area contributed by atoms with Crippen molar-refractivity contribution in [3.63, 3.8) is 0 Å². The first-order valence-corrected chi connectivity index (χ1v) is 10.8. The number of unbranched alkanes of at least 4 members (excludes halogenated alkanes) is 2. The van der Waals surface area contributed by atoms with E-state index in [0.717, 1.165) is 38.5 Å². The van der Waals surface area contributed by atoms with Gasteiger partial charge in [0.15, 0.2) is 0 Å². The zero-order valence-electron chi connectivity index (χ0n) is 17.9. The predicted octanol–water partition coefficient (Wildman–Crippen LogP) is 2.79. The molecule has 28 heavy (non-hydrogen) atoms. The Hall–Kier alpha value is -1.66. The van der Waals surface area contributed by atoms with Gasteiger partial charge in [-0.3, -0.25) is 14.5 Å². The van der Waals surface area contributed by atoms with Gasteiger partial charge >= 0.3 is 0 Å². The summed E-state index contributed by atoms with van der Waals surface area (Å²) in [6, 6.07) is 0. The maximum atomic E-state index is 11.8. The predicted molar refractivity (Wildman–Crippen MR) is 116 cm³/mol. The van der Waals surface area contributed by atoms with E-state index in [4.69, 9.17) is 0 Å². The summed E-state index contributed by atoms with van der Waals surface area (Å²) >= 11 is 0. The van der Waals surface area contributed by atoms with Crippen LogP contribution in [0.25, 0.3) is 0 Å². The van der Waals surface area contributed by atoms with Crippen molar-refractivity contribution in [3.8, 4) is 0 Å². The van der Waals surface area contributed by atoms with Crippen molar-refractivity contribution in [2.45, 2.75) is 65.2 Å². The average molecular weight is 396 g/mol. The summed E-state index contributed by atoms with van der Waals surface area (Å²) < 4.78 is 0. The smallest absolute Gasteiger partial charge is 0.220 e. The van der Waals surface area contributed by atoms with Crippen LogP contribution in [0.15, 0.2) is 24.3 Å². The molecule has 0 aliphatic carbocycles. The third kappa shape index (κ3) is 17.7. The van der Waals surface area contributed by atoms with E-state index < -0.39 is 0 Å². The van der Waals surface area contributed by atoms with Gasteiger partial charge < -0.3 is 15.7 Å². The second-order valence-corrected chi connectivity index (χ2v) is 6.81. The monoisotopic (exact) mass is 395 g/mol. The van der Waals surface area contributed by atoms with Crippen LogP contribution in [0.1, 0.15) is 65.2 Å². The van der Waals surface area contributed by atoms with Crippen molar-refractivity contribution in [2.24, 2.45) is 0 Å². The van der Waals surface area contributed by atoms with Crippen LogP contribution in [0, 0.1) is 0 Å². The van der Waals surface area contributed by atoms with Gasteiger partial charge in [0, 0.05) is 45.6 Å². The fourth-order valence-corrected chi connectivity index (χ4v) is 2.69. The molecule has 0 fully saturated rings. The highest BCUT2D eigenvalue weighted by atomic mass is 16.3. The summed E-state index contributed by atoms with van der Waals surface area (Å²) in [6.45, 7) is 7.24. The highest BCUT2D eigenvalue weighted by molar-refractivity contribution is 5.76. The van der Waals surface area contributed by atoms with Crippen molar-refractivity contribution in [2.75, 3.05) is 39.3 Å². The van der Waals surface area contributed by atoms with Crippen molar-refractivity contribution in [1.29, 1.82) is 0 Å². The molecule has 2 amide bonds. The topological polar surface area (TPSA) is 81.7 Å². The van der Waals surface area contributed by atoms with Crippen molar-refractivity contribution in [1.82, 2.24) is 15.5 Å². The Labute approximate surface area is 171 Å². The Balaban J connectivity index is 3.84. The minimum Gasteiger partial charge on any atom is -0.395 e. The van der Waals surface area contributed by atoms with Gasteiger partial charge in [0.2, 0.25) is 11.8 Å². The SMILES string of the molecule is CC/C=C/CCCC(=O)NCCN(CCO)CCNC(=O)CCC/C=C/CC. The maximum absolute atomic E-state index is 11.8. The number of aliphatic hydroxyl groups is 1. The van der Waals surface area contributed by atoms with E-state index >= 15 is 0 Å². The Morgan fingerprint density at radius 2 is 1.25 bits per heavy atom. The Morgan fingerprint density at radius 3 is 1.64 bits per heavy atom. The minimum atomic E-state index is 0.0649. The molecule has 0 aromatic carbocycles. The Morgan fingerprint density at radius 1 is 0.786 bits per heavy atom. The molecule has 0 aromatic heterocycles. The molecule has 0 heterocycles. The number of allylic oxidation sites excluding steroid dienone is 4. The molecule has 6 heteroatoms. The van der Waals surface area contributed by atoms with Gasteiger partial charge in [0.1, 0.15) is 0 Å². The number of rotatable bonds is 18. The van der Waals surface area contributed by atoms with Crippen LogP contribution in [-0.4, -0.2) is 61.2 Å². The zero-order valence-corrected chi connectivity index (χ0v) is 17.9. The molecular formula is C22H41N3O3. The van der Waals surface area contributed by atoms with E-state index in [0.29, 0.717) is 45.6 Å². The number of hydrogen-bond donors (Lipinski definition) is 3. The standard InChI is InChI=1S/C22H41N3O3/c1-3-5-7-9-11-13-21(27)23-15-17-25(19-20-26)18-16-24-22(28)14-12-10-8-6-4-2/h5-8,26H,3-4,9-20H2,1-2H3,(H,23,27)(H,24,28)/b7-5+,8-6+. The minimum absolute atomic E-state index is 0.0649. The lowest BCUT2D eigenvalue weighted by molar-refractivity contribution is -0.121. The first-order valence-electron chi connectivity index (χ1n) is 10.8. The van der Waals surface area contributed by atoms with Gasteiger partial charge in [-0.25, -0.2) is 0 Å². The Kier molecular flexibility index (Phi) is 18.9. The van der Waals surface area contributed by atoms with Gasteiger partial charge in [-0.05, 0) is 38.5 Å². The number of nitrogens with one attached hydrogen (secondary N) is 2. The van der Waals surface area contributed by atoms with E-state index in [1.165, 1.54) is 0 Å². The van der Waals surface area contributed by atoms with Crippen LogP contribution in [0.5, 0.6) is 0 Å². The van der Waals surface area contributed by atoms with E-state index in [2.05, 4.69) is 53.7 Å². The van der Waals surface area contributed by atoms with Crippen LogP contribution in [0.4, 0.5) is 0 Å². The van der Waals surface area contributed by atoms with Crippen molar-refractivity contribution in [3.05, 3.63) is 24.3 Å². The number of carbonyl (C=O) groups excluding carboxylic acids is 2. The molecule has 0 spiro atoms. The summed E-state index contributed by atoms with van der Waals surface area (Å²) in [6.07, 6.45) is 15.2. The fraction of sp³-hybridized carbons (Fsp3) is 0.727. The Bertz CT molecular complexity index is 412. The van der Waals surface area contributed by atoms with E-state index in [-0.39, 0.29) is 18.4 Å². The summed E-state index contributed by atoms with van der Waals surface area (Å²) in [5.41, 5.74) is 0. The van der Waals surface area contributed by atoms with Gasteiger partial charge in [0.25, 0.3) is 0 Å². The molecule has 0 aliphatic rings. The quantitative estimate of drug-likeness (QED) is 0.246. The molecule has 0 aliphatic heterocycles. The lowest BCUT2D eigenvalue weighted by Crippen LogP contribution is -2.40. The molecule has 0 aromatic rings. The summed E-state index contributed by atoms with van der Waals surface area (Å²) in [7, 11) is 0. The van der Waals surface area contributed by atoms with Gasteiger partial charge in [-0.2, -0.15) is 0 Å². The van der Waals surface area contributed by atoms with Crippen molar-refractivity contribution >= 4 is 11.8 Å². The lowest BCUT2D eigenvalue weighted by atomic mass is 10.2.